The van der Waals surface area contributed by atoms with E-state index in [4.69, 9.17) is 0 Å². The quantitative estimate of drug-likeness (QED) is 0.769. The number of nitrogens with one attached hydrogen (secondary N) is 2. The van der Waals surface area contributed by atoms with E-state index in [1.165, 1.54) is 6.33 Å². The highest BCUT2D eigenvalue weighted by atomic mass is 16.2. The second-order valence-corrected chi connectivity index (χ2v) is 5.13. The highest BCUT2D eigenvalue weighted by Gasteiger charge is 2.15. The fraction of sp³-hybridized carbons (Fsp3) is 0.667. The maximum Gasteiger partial charge on any atom is 0.224 e. The molecule has 0 spiro atoms. The van der Waals surface area contributed by atoms with Crippen LogP contribution in [0.2, 0.25) is 0 Å². The molecule has 1 rings (SSSR count). The lowest BCUT2D eigenvalue weighted by Gasteiger charge is -2.20. The summed E-state index contributed by atoms with van der Waals surface area (Å²) in [5.41, 5.74) is 1.05. The molecule has 0 fully saturated rings. The Bertz CT molecular complexity index is 457. The molecule has 0 saturated carbocycles. The summed E-state index contributed by atoms with van der Waals surface area (Å²) < 4.78 is 0. The largest absolute Gasteiger partial charge is 0.373 e. The van der Waals surface area contributed by atoms with Gasteiger partial charge in [0.1, 0.15) is 18.0 Å². The van der Waals surface area contributed by atoms with Gasteiger partial charge < -0.3 is 15.5 Å². The van der Waals surface area contributed by atoms with Crippen LogP contribution < -0.4 is 10.6 Å². The Labute approximate surface area is 127 Å². The molecule has 0 bridgehead atoms. The Morgan fingerprint density at radius 2 is 1.86 bits per heavy atom. The van der Waals surface area contributed by atoms with E-state index in [2.05, 4.69) is 34.4 Å². The van der Waals surface area contributed by atoms with Crippen LogP contribution in [0.25, 0.3) is 0 Å². The fourth-order valence-electron chi connectivity index (χ4n) is 2.30. The van der Waals surface area contributed by atoms with Crippen LogP contribution in [0, 0.1) is 0 Å². The van der Waals surface area contributed by atoms with Gasteiger partial charge in [-0.1, -0.05) is 13.8 Å². The third kappa shape index (κ3) is 4.58. The first kappa shape index (κ1) is 17.2. The molecule has 2 N–H and O–H groups in total. The van der Waals surface area contributed by atoms with Crippen molar-refractivity contribution in [3.8, 4) is 0 Å². The number of hydrogen-bond acceptors (Lipinski definition) is 5. The Hall–Kier alpha value is -1.85. The molecule has 1 aromatic rings. The molecule has 0 atom stereocenters. The zero-order chi connectivity index (χ0) is 15.8. The zero-order valence-electron chi connectivity index (χ0n) is 13.7. The minimum atomic E-state index is 0.168. The molecular formula is C15H27N5O. The molecule has 6 heteroatoms. The number of anilines is 2. The summed E-state index contributed by atoms with van der Waals surface area (Å²) >= 11 is 0. The summed E-state index contributed by atoms with van der Waals surface area (Å²) in [5.74, 6) is 2.10. The minimum Gasteiger partial charge on any atom is -0.373 e. The van der Waals surface area contributed by atoms with Gasteiger partial charge in [0.2, 0.25) is 5.91 Å². The van der Waals surface area contributed by atoms with Crippen molar-refractivity contribution in [3.63, 3.8) is 0 Å². The van der Waals surface area contributed by atoms with Gasteiger partial charge in [0.05, 0.1) is 0 Å². The first-order chi connectivity index (χ1) is 10.0. The Balaban J connectivity index is 2.70. The van der Waals surface area contributed by atoms with E-state index in [-0.39, 0.29) is 5.91 Å². The summed E-state index contributed by atoms with van der Waals surface area (Å²) in [6.07, 6.45) is 2.00. The van der Waals surface area contributed by atoms with Gasteiger partial charge in [0.15, 0.2) is 0 Å². The van der Waals surface area contributed by atoms with Crippen LogP contribution in [0.4, 0.5) is 11.6 Å². The highest BCUT2D eigenvalue weighted by Crippen LogP contribution is 2.27. The van der Waals surface area contributed by atoms with E-state index in [0.29, 0.717) is 18.9 Å². The summed E-state index contributed by atoms with van der Waals surface area (Å²) in [4.78, 5) is 22.4. The van der Waals surface area contributed by atoms with Gasteiger partial charge in [-0.3, -0.25) is 4.79 Å². The number of carbonyl (C=O) groups is 1. The lowest BCUT2D eigenvalue weighted by Crippen LogP contribution is -2.31. The van der Waals surface area contributed by atoms with E-state index in [9.17, 15) is 4.79 Å². The summed E-state index contributed by atoms with van der Waals surface area (Å²) in [7, 11) is 1.85. The van der Waals surface area contributed by atoms with Gasteiger partial charge in [-0.2, -0.15) is 0 Å². The van der Waals surface area contributed by atoms with Crippen molar-refractivity contribution in [1.29, 1.82) is 0 Å². The molecule has 21 heavy (non-hydrogen) atoms. The highest BCUT2D eigenvalue weighted by molar-refractivity contribution is 5.76. The summed E-state index contributed by atoms with van der Waals surface area (Å²) in [6, 6.07) is 0. The second-order valence-electron chi connectivity index (χ2n) is 5.13. The van der Waals surface area contributed by atoms with Crippen LogP contribution in [-0.4, -0.2) is 47.5 Å². The van der Waals surface area contributed by atoms with Crippen molar-refractivity contribution in [2.75, 3.05) is 37.3 Å². The summed E-state index contributed by atoms with van der Waals surface area (Å²) in [6.45, 7) is 10.3. The predicted molar refractivity (Wildman–Crippen MR) is 86.7 cm³/mol. The Kier molecular flexibility index (Phi) is 6.91. The molecular weight excluding hydrogens is 266 g/mol. The van der Waals surface area contributed by atoms with Gasteiger partial charge >= 0.3 is 0 Å². The standard InChI is InChI=1S/C15H27N5O/c1-6-20(7-2)12(21)8-9-17-15-13(11(3)4)14(16-5)18-10-19-15/h10-11H,6-9H2,1-5H3,(H2,16,17,18,19). The molecule has 0 saturated heterocycles. The molecule has 0 unspecified atom stereocenters. The first-order valence-corrected chi connectivity index (χ1v) is 7.59. The van der Waals surface area contributed by atoms with Crippen LogP contribution >= 0.6 is 0 Å². The monoisotopic (exact) mass is 293 g/mol. The van der Waals surface area contributed by atoms with Gasteiger partial charge in [-0.25, -0.2) is 9.97 Å². The number of amides is 1. The fourth-order valence-corrected chi connectivity index (χ4v) is 2.30. The number of rotatable bonds is 8. The first-order valence-electron chi connectivity index (χ1n) is 7.59. The molecule has 6 nitrogen and oxygen atoms in total. The smallest absolute Gasteiger partial charge is 0.224 e. The SMILES string of the molecule is CCN(CC)C(=O)CCNc1ncnc(NC)c1C(C)C. The molecule has 0 aromatic carbocycles. The van der Waals surface area contributed by atoms with Crippen LogP contribution in [-0.2, 0) is 4.79 Å². The molecule has 0 radical (unpaired) electrons. The molecule has 118 valence electrons. The van der Waals surface area contributed by atoms with Gasteiger partial charge in [0.25, 0.3) is 0 Å². The van der Waals surface area contributed by atoms with E-state index < -0.39 is 0 Å². The average molecular weight is 293 g/mol. The van der Waals surface area contributed by atoms with E-state index in [0.717, 1.165) is 30.3 Å². The Morgan fingerprint density at radius 3 is 2.38 bits per heavy atom. The van der Waals surface area contributed by atoms with Crippen LogP contribution in [0.3, 0.4) is 0 Å². The molecule has 1 aromatic heterocycles. The number of carbonyl (C=O) groups excluding carboxylic acids is 1. The van der Waals surface area contributed by atoms with Crippen molar-refractivity contribution >= 4 is 17.5 Å². The van der Waals surface area contributed by atoms with E-state index in [1.54, 1.807) is 0 Å². The van der Waals surface area contributed by atoms with E-state index in [1.807, 2.05) is 25.8 Å². The zero-order valence-corrected chi connectivity index (χ0v) is 13.7. The average Bonchev–Trinajstić information content (AvgIpc) is 2.47. The normalized spacial score (nSPS) is 10.6. The lowest BCUT2D eigenvalue weighted by molar-refractivity contribution is -0.130. The molecule has 1 amide bonds. The molecule has 0 aliphatic carbocycles. The Morgan fingerprint density at radius 1 is 1.24 bits per heavy atom. The van der Waals surface area contributed by atoms with Crippen molar-refractivity contribution in [2.45, 2.75) is 40.0 Å². The van der Waals surface area contributed by atoms with Crippen LogP contribution in [0.1, 0.15) is 45.6 Å². The van der Waals surface area contributed by atoms with Crippen molar-refractivity contribution in [3.05, 3.63) is 11.9 Å². The van der Waals surface area contributed by atoms with Gasteiger partial charge in [-0.15, -0.1) is 0 Å². The third-order valence-electron chi connectivity index (χ3n) is 3.45. The maximum atomic E-state index is 12.0. The summed E-state index contributed by atoms with van der Waals surface area (Å²) in [5, 5.41) is 6.35. The lowest BCUT2D eigenvalue weighted by atomic mass is 10.0. The molecule has 1 heterocycles. The minimum absolute atomic E-state index is 0.168. The van der Waals surface area contributed by atoms with Crippen LogP contribution in [0.15, 0.2) is 6.33 Å². The van der Waals surface area contributed by atoms with E-state index >= 15 is 0 Å². The second kappa shape index (κ2) is 8.44. The maximum absolute atomic E-state index is 12.0. The number of aromatic nitrogens is 2. The molecule has 0 aliphatic rings. The van der Waals surface area contributed by atoms with Crippen molar-refractivity contribution in [2.24, 2.45) is 0 Å². The van der Waals surface area contributed by atoms with Gasteiger partial charge in [0, 0.05) is 38.7 Å². The number of nitrogens with zero attached hydrogens (tertiary/aromatic N) is 3. The van der Waals surface area contributed by atoms with Crippen molar-refractivity contribution in [1.82, 2.24) is 14.9 Å². The number of hydrogen-bond donors (Lipinski definition) is 2. The third-order valence-corrected chi connectivity index (χ3v) is 3.45. The topological polar surface area (TPSA) is 70.2 Å². The van der Waals surface area contributed by atoms with Gasteiger partial charge in [-0.05, 0) is 19.8 Å². The van der Waals surface area contributed by atoms with Crippen molar-refractivity contribution < 1.29 is 4.79 Å². The predicted octanol–water partition coefficient (Wildman–Crippen LogP) is 2.31. The van der Waals surface area contributed by atoms with Crippen LogP contribution in [0.5, 0.6) is 0 Å². The molecule has 0 aliphatic heterocycles.